The largest absolute Gasteiger partial charge is 0.370 e. The van der Waals surface area contributed by atoms with Crippen molar-refractivity contribution in [2.75, 3.05) is 22.5 Å². The van der Waals surface area contributed by atoms with Crippen LogP contribution in [0.1, 0.15) is 12.5 Å². The van der Waals surface area contributed by atoms with E-state index in [0.717, 1.165) is 29.1 Å². The van der Waals surface area contributed by atoms with Gasteiger partial charge in [0.05, 0.1) is 10.7 Å². The number of amides is 2. The Balaban J connectivity index is 1.74. The van der Waals surface area contributed by atoms with Crippen LogP contribution in [0.4, 0.5) is 22.0 Å². The number of para-hydroxylation sites is 1. The van der Waals surface area contributed by atoms with Crippen LogP contribution in [0.3, 0.4) is 0 Å². The van der Waals surface area contributed by atoms with Crippen LogP contribution in [0, 0.1) is 6.92 Å². The predicted molar refractivity (Wildman–Crippen MR) is 113 cm³/mol. The van der Waals surface area contributed by atoms with E-state index in [9.17, 15) is 4.79 Å². The number of anilines is 3. The van der Waals surface area contributed by atoms with Crippen molar-refractivity contribution in [3.63, 3.8) is 0 Å². The van der Waals surface area contributed by atoms with E-state index in [2.05, 4.69) is 20.9 Å². The molecule has 3 aromatic rings. The molecule has 27 heavy (non-hydrogen) atoms. The lowest BCUT2D eigenvalue weighted by molar-refractivity contribution is 0.262. The summed E-state index contributed by atoms with van der Waals surface area (Å²) in [5, 5.41) is 9.29. The number of nitrogens with zero attached hydrogens (tertiary/aromatic N) is 1. The van der Waals surface area contributed by atoms with Gasteiger partial charge in [0.1, 0.15) is 5.82 Å². The first-order valence-corrected chi connectivity index (χ1v) is 9.08. The number of hydrogen-bond acceptors (Lipinski definition) is 3. The van der Waals surface area contributed by atoms with Crippen LogP contribution in [-0.2, 0) is 0 Å². The summed E-state index contributed by atoms with van der Waals surface area (Å²) in [6.07, 6.45) is 1.79. The Labute approximate surface area is 163 Å². The number of aromatic nitrogens is 1. The summed E-state index contributed by atoms with van der Waals surface area (Å²) in [6, 6.07) is 16.6. The molecule has 3 rings (SSSR count). The minimum absolute atomic E-state index is 0.339. The first-order valence-electron chi connectivity index (χ1n) is 8.70. The molecule has 0 radical (unpaired) electrons. The van der Waals surface area contributed by atoms with Crippen molar-refractivity contribution in [2.24, 2.45) is 0 Å². The van der Waals surface area contributed by atoms with E-state index >= 15 is 0 Å². The van der Waals surface area contributed by atoms with Gasteiger partial charge in [-0.15, -0.1) is 0 Å². The van der Waals surface area contributed by atoms with Crippen molar-refractivity contribution in [1.29, 1.82) is 0 Å². The van der Waals surface area contributed by atoms with E-state index in [1.54, 1.807) is 18.3 Å². The van der Waals surface area contributed by atoms with Crippen molar-refractivity contribution >= 4 is 34.8 Å². The van der Waals surface area contributed by atoms with Gasteiger partial charge in [0.15, 0.2) is 0 Å². The number of aryl methyl sites for hydroxylation is 1. The molecule has 2 amide bonds. The Hall–Kier alpha value is -3.05. The lowest BCUT2D eigenvalue weighted by Crippen LogP contribution is -2.19. The molecular formula is C21H21ClN4O. The molecule has 0 aliphatic rings. The number of pyridine rings is 1. The number of carbonyl (C=O) groups excluding carboxylic acids is 1. The highest BCUT2D eigenvalue weighted by molar-refractivity contribution is 6.33. The van der Waals surface area contributed by atoms with Crippen LogP contribution in [0.5, 0.6) is 0 Å². The highest BCUT2D eigenvalue weighted by Gasteiger charge is 2.08. The Morgan fingerprint density at radius 2 is 1.89 bits per heavy atom. The van der Waals surface area contributed by atoms with Crippen LogP contribution in [0.25, 0.3) is 11.1 Å². The quantitative estimate of drug-likeness (QED) is 0.525. The molecule has 0 bridgehead atoms. The van der Waals surface area contributed by atoms with Gasteiger partial charge in [-0.2, -0.15) is 0 Å². The average Bonchev–Trinajstić information content (AvgIpc) is 2.64. The second kappa shape index (κ2) is 8.56. The summed E-state index contributed by atoms with van der Waals surface area (Å²) in [4.78, 5) is 16.5. The second-order valence-corrected chi connectivity index (χ2v) is 6.46. The van der Waals surface area contributed by atoms with Crippen LogP contribution in [0.15, 0.2) is 60.8 Å². The number of carbonyl (C=O) groups is 1. The highest BCUT2D eigenvalue weighted by Crippen LogP contribution is 2.27. The molecule has 6 heteroatoms. The fraction of sp³-hybridized carbons (Fsp3) is 0.143. The number of nitrogens with one attached hydrogen (secondary N) is 3. The number of rotatable bonds is 5. The third-order valence-corrected chi connectivity index (χ3v) is 4.36. The molecule has 1 aromatic heterocycles. The molecule has 0 aliphatic carbocycles. The fourth-order valence-corrected chi connectivity index (χ4v) is 2.97. The summed E-state index contributed by atoms with van der Waals surface area (Å²) in [5.74, 6) is 0.843. The van der Waals surface area contributed by atoms with Gasteiger partial charge >= 0.3 is 6.03 Å². The lowest BCUT2D eigenvalue weighted by Gasteiger charge is -2.12. The Bertz CT molecular complexity index is 958. The van der Waals surface area contributed by atoms with E-state index in [4.69, 9.17) is 11.6 Å². The Morgan fingerprint density at radius 1 is 1.07 bits per heavy atom. The second-order valence-electron chi connectivity index (χ2n) is 6.05. The van der Waals surface area contributed by atoms with E-state index in [1.807, 2.05) is 56.3 Å². The topological polar surface area (TPSA) is 66.0 Å². The van der Waals surface area contributed by atoms with E-state index < -0.39 is 0 Å². The smallest absolute Gasteiger partial charge is 0.323 e. The zero-order valence-electron chi connectivity index (χ0n) is 15.2. The van der Waals surface area contributed by atoms with Crippen LogP contribution in [0.2, 0.25) is 5.02 Å². The molecule has 2 aromatic carbocycles. The van der Waals surface area contributed by atoms with Gasteiger partial charge in [0.2, 0.25) is 0 Å². The number of benzene rings is 2. The normalized spacial score (nSPS) is 10.3. The molecule has 3 N–H and O–H groups in total. The maximum atomic E-state index is 12.2. The van der Waals surface area contributed by atoms with Gasteiger partial charge in [0, 0.05) is 18.4 Å². The van der Waals surface area contributed by atoms with Gasteiger partial charge in [-0.05, 0) is 66.9 Å². The Kier molecular flexibility index (Phi) is 5.94. The standard InChI is InChI=1S/C21H21ClN4O/c1-3-23-20-13-15(10-11-24-20)17-9-8-16(12-14(17)2)25-21(27)26-19-7-5-4-6-18(19)22/h4-13H,3H2,1-2H3,(H,23,24)(H2,25,26,27). The van der Waals surface area contributed by atoms with Gasteiger partial charge in [-0.25, -0.2) is 9.78 Å². The molecule has 0 aliphatic heterocycles. The van der Waals surface area contributed by atoms with Gasteiger partial charge in [0.25, 0.3) is 0 Å². The van der Waals surface area contributed by atoms with E-state index in [0.29, 0.717) is 16.4 Å². The lowest BCUT2D eigenvalue weighted by atomic mass is 10.0. The summed E-state index contributed by atoms with van der Waals surface area (Å²) in [5.41, 5.74) is 4.50. The monoisotopic (exact) mass is 380 g/mol. The molecule has 0 unspecified atom stereocenters. The van der Waals surface area contributed by atoms with Crippen molar-refractivity contribution < 1.29 is 4.79 Å². The van der Waals surface area contributed by atoms with E-state index in [1.165, 1.54) is 0 Å². The predicted octanol–water partition coefficient (Wildman–Crippen LogP) is 5.79. The zero-order chi connectivity index (χ0) is 19.2. The summed E-state index contributed by atoms with van der Waals surface area (Å²) >= 11 is 6.07. The van der Waals surface area contributed by atoms with Gasteiger partial charge < -0.3 is 16.0 Å². The van der Waals surface area contributed by atoms with Crippen LogP contribution >= 0.6 is 11.6 Å². The highest BCUT2D eigenvalue weighted by atomic mass is 35.5. The molecular weight excluding hydrogens is 360 g/mol. The molecule has 0 saturated carbocycles. The molecule has 5 nitrogen and oxygen atoms in total. The SMILES string of the molecule is CCNc1cc(-c2ccc(NC(=O)Nc3ccccc3Cl)cc2C)ccn1. The van der Waals surface area contributed by atoms with Crippen LogP contribution < -0.4 is 16.0 Å². The fourth-order valence-electron chi connectivity index (χ4n) is 2.79. The molecule has 0 spiro atoms. The van der Waals surface area contributed by atoms with Crippen LogP contribution in [-0.4, -0.2) is 17.6 Å². The maximum absolute atomic E-state index is 12.2. The number of hydrogen-bond donors (Lipinski definition) is 3. The maximum Gasteiger partial charge on any atom is 0.323 e. The zero-order valence-corrected chi connectivity index (χ0v) is 16.0. The Morgan fingerprint density at radius 3 is 2.63 bits per heavy atom. The average molecular weight is 381 g/mol. The minimum Gasteiger partial charge on any atom is -0.370 e. The van der Waals surface area contributed by atoms with Crippen molar-refractivity contribution in [1.82, 2.24) is 4.98 Å². The summed E-state index contributed by atoms with van der Waals surface area (Å²) < 4.78 is 0. The van der Waals surface area contributed by atoms with Crippen molar-refractivity contribution in [3.05, 3.63) is 71.4 Å². The molecule has 0 fully saturated rings. The minimum atomic E-state index is -0.339. The van der Waals surface area contributed by atoms with Gasteiger partial charge in [-0.1, -0.05) is 29.8 Å². The summed E-state index contributed by atoms with van der Waals surface area (Å²) in [6.45, 7) is 4.87. The van der Waals surface area contributed by atoms with Crippen molar-refractivity contribution in [2.45, 2.75) is 13.8 Å². The first-order chi connectivity index (χ1) is 13.1. The van der Waals surface area contributed by atoms with E-state index in [-0.39, 0.29) is 6.03 Å². The van der Waals surface area contributed by atoms with Gasteiger partial charge in [-0.3, -0.25) is 0 Å². The first kappa shape index (κ1) is 18.7. The number of halogens is 1. The third kappa shape index (κ3) is 4.77. The third-order valence-electron chi connectivity index (χ3n) is 4.04. The molecule has 0 saturated heterocycles. The molecule has 138 valence electrons. The van der Waals surface area contributed by atoms with Crippen molar-refractivity contribution in [3.8, 4) is 11.1 Å². The molecule has 0 atom stereocenters. The molecule has 1 heterocycles. The summed E-state index contributed by atoms with van der Waals surface area (Å²) in [7, 11) is 0. The number of urea groups is 1.